The van der Waals surface area contributed by atoms with Gasteiger partial charge in [-0.1, -0.05) is 18.2 Å². The van der Waals surface area contributed by atoms with E-state index in [1.54, 1.807) is 48.2 Å². The van der Waals surface area contributed by atoms with E-state index in [2.05, 4.69) is 5.10 Å². The first kappa shape index (κ1) is 16.9. The van der Waals surface area contributed by atoms with Crippen LogP contribution in [0.2, 0.25) is 0 Å². The number of nitrogens with zero attached hydrogens (tertiary/aromatic N) is 2. The summed E-state index contributed by atoms with van der Waals surface area (Å²) in [5.74, 6) is -1.34. The van der Waals surface area contributed by atoms with Gasteiger partial charge in [0.2, 0.25) is 0 Å². The van der Waals surface area contributed by atoms with Gasteiger partial charge in [-0.3, -0.25) is 0 Å². The lowest BCUT2D eigenvalue weighted by molar-refractivity contribution is 0.0697. The summed E-state index contributed by atoms with van der Waals surface area (Å²) in [4.78, 5) is 11.5. The summed E-state index contributed by atoms with van der Waals surface area (Å²) in [6, 6.07) is 12.8. The van der Waals surface area contributed by atoms with Crippen LogP contribution >= 0.6 is 0 Å². The fraction of sp³-hybridized carbons (Fsp3) is 0.158. The quantitative estimate of drug-likeness (QED) is 0.763. The van der Waals surface area contributed by atoms with Crippen molar-refractivity contribution >= 4 is 5.97 Å². The second-order valence-corrected chi connectivity index (χ2v) is 5.60. The second kappa shape index (κ2) is 6.86. The maximum atomic E-state index is 13.3. The predicted octanol–water partition coefficient (Wildman–Crippen LogP) is 3.97. The number of rotatable bonds is 5. The molecule has 25 heavy (non-hydrogen) atoms. The monoisotopic (exact) mass is 340 g/mol. The fourth-order valence-corrected chi connectivity index (χ4v) is 2.87. The molecule has 3 rings (SSSR count). The van der Waals surface area contributed by atoms with E-state index in [1.807, 2.05) is 6.92 Å². The molecule has 0 amide bonds. The Hall–Kier alpha value is -2.99. The smallest absolute Gasteiger partial charge is 0.336 e. The SMILES string of the molecule is COCn1nc(-c2ccccc2C(=O)O)c(C)c1-c1ccc(F)cc1. The molecule has 0 saturated heterocycles. The van der Waals surface area contributed by atoms with Gasteiger partial charge in [-0.25, -0.2) is 13.9 Å². The molecule has 1 aromatic heterocycles. The van der Waals surface area contributed by atoms with Crippen molar-refractivity contribution in [3.8, 4) is 22.5 Å². The summed E-state index contributed by atoms with van der Waals surface area (Å²) in [5, 5.41) is 14.0. The van der Waals surface area contributed by atoms with Crippen molar-refractivity contribution in [2.75, 3.05) is 7.11 Å². The molecular formula is C19H17FN2O3. The van der Waals surface area contributed by atoms with Crippen LogP contribution in [0.25, 0.3) is 22.5 Å². The summed E-state index contributed by atoms with van der Waals surface area (Å²) in [5.41, 5.74) is 3.62. The van der Waals surface area contributed by atoms with E-state index in [-0.39, 0.29) is 18.1 Å². The highest BCUT2D eigenvalue weighted by molar-refractivity contribution is 5.96. The molecule has 0 radical (unpaired) electrons. The van der Waals surface area contributed by atoms with Crippen LogP contribution in [0.3, 0.4) is 0 Å². The minimum absolute atomic E-state index is 0.179. The van der Waals surface area contributed by atoms with Crippen molar-refractivity contribution in [1.29, 1.82) is 0 Å². The molecule has 0 aliphatic rings. The molecule has 0 fully saturated rings. The molecule has 1 N–H and O–H groups in total. The van der Waals surface area contributed by atoms with Crippen molar-refractivity contribution in [1.82, 2.24) is 9.78 Å². The van der Waals surface area contributed by atoms with E-state index >= 15 is 0 Å². The summed E-state index contributed by atoms with van der Waals surface area (Å²) in [6.45, 7) is 2.06. The molecular weight excluding hydrogens is 323 g/mol. The van der Waals surface area contributed by atoms with Crippen LogP contribution in [-0.2, 0) is 11.5 Å². The van der Waals surface area contributed by atoms with Gasteiger partial charge in [0.1, 0.15) is 12.5 Å². The molecule has 2 aromatic carbocycles. The molecule has 128 valence electrons. The van der Waals surface area contributed by atoms with Gasteiger partial charge in [0.05, 0.1) is 17.0 Å². The number of carboxylic acids is 1. The summed E-state index contributed by atoms with van der Waals surface area (Å²) < 4.78 is 20.1. The first-order valence-electron chi connectivity index (χ1n) is 7.68. The highest BCUT2D eigenvalue weighted by Crippen LogP contribution is 2.33. The highest BCUT2D eigenvalue weighted by Gasteiger charge is 2.21. The number of carbonyl (C=O) groups is 1. The lowest BCUT2D eigenvalue weighted by Crippen LogP contribution is -2.04. The van der Waals surface area contributed by atoms with Gasteiger partial charge in [-0.2, -0.15) is 5.10 Å². The predicted molar refractivity (Wildman–Crippen MR) is 91.8 cm³/mol. The molecule has 0 saturated carbocycles. The van der Waals surface area contributed by atoms with Crippen molar-refractivity contribution in [3.05, 3.63) is 65.5 Å². The third-order valence-corrected chi connectivity index (χ3v) is 3.97. The molecule has 6 heteroatoms. The number of ether oxygens (including phenoxy) is 1. The average Bonchev–Trinajstić information content (AvgIpc) is 2.92. The zero-order valence-corrected chi connectivity index (χ0v) is 13.9. The van der Waals surface area contributed by atoms with Gasteiger partial charge in [0.25, 0.3) is 0 Å². The Balaban J connectivity index is 2.22. The number of carboxylic acid groups (broad SMARTS) is 1. The Morgan fingerprint density at radius 2 is 1.88 bits per heavy atom. The number of methoxy groups -OCH3 is 1. The van der Waals surface area contributed by atoms with Crippen LogP contribution in [0.1, 0.15) is 15.9 Å². The number of benzene rings is 2. The van der Waals surface area contributed by atoms with Gasteiger partial charge >= 0.3 is 5.97 Å². The molecule has 0 spiro atoms. The van der Waals surface area contributed by atoms with Gasteiger partial charge < -0.3 is 9.84 Å². The number of hydrogen-bond donors (Lipinski definition) is 1. The maximum absolute atomic E-state index is 13.3. The van der Waals surface area contributed by atoms with Crippen LogP contribution in [0.15, 0.2) is 48.5 Å². The molecule has 0 bridgehead atoms. The third kappa shape index (κ3) is 3.16. The third-order valence-electron chi connectivity index (χ3n) is 3.97. The molecule has 5 nitrogen and oxygen atoms in total. The Morgan fingerprint density at radius 3 is 2.52 bits per heavy atom. The number of hydrogen-bond acceptors (Lipinski definition) is 3. The molecule has 3 aromatic rings. The van der Waals surface area contributed by atoms with Crippen molar-refractivity contribution in [2.24, 2.45) is 0 Å². The minimum Gasteiger partial charge on any atom is -0.478 e. The number of aromatic carboxylic acids is 1. The standard InChI is InChI=1S/C19H17FN2O3/c1-12-17(15-5-3-4-6-16(15)19(23)24)21-22(11-25-2)18(12)13-7-9-14(20)10-8-13/h3-10H,11H2,1-2H3,(H,23,24). The van der Waals surface area contributed by atoms with Crippen molar-refractivity contribution in [3.63, 3.8) is 0 Å². The largest absolute Gasteiger partial charge is 0.478 e. The molecule has 1 heterocycles. The summed E-state index contributed by atoms with van der Waals surface area (Å²) in [6.07, 6.45) is 0. The summed E-state index contributed by atoms with van der Waals surface area (Å²) in [7, 11) is 1.55. The van der Waals surface area contributed by atoms with E-state index in [0.717, 1.165) is 16.8 Å². The molecule has 0 atom stereocenters. The van der Waals surface area contributed by atoms with E-state index in [9.17, 15) is 14.3 Å². The lowest BCUT2D eigenvalue weighted by Gasteiger charge is -2.07. The highest BCUT2D eigenvalue weighted by atomic mass is 19.1. The van der Waals surface area contributed by atoms with Gasteiger partial charge in [-0.05, 0) is 37.3 Å². The van der Waals surface area contributed by atoms with Gasteiger partial charge in [0.15, 0.2) is 0 Å². The van der Waals surface area contributed by atoms with Crippen LogP contribution in [-0.4, -0.2) is 28.0 Å². The number of aromatic nitrogens is 2. The Kier molecular flexibility index (Phi) is 4.63. The van der Waals surface area contributed by atoms with E-state index in [0.29, 0.717) is 11.3 Å². The van der Waals surface area contributed by atoms with Crippen LogP contribution in [0, 0.1) is 12.7 Å². The lowest BCUT2D eigenvalue weighted by atomic mass is 9.99. The van der Waals surface area contributed by atoms with Gasteiger partial charge in [0, 0.05) is 23.8 Å². The van der Waals surface area contributed by atoms with Gasteiger partial charge in [-0.15, -0.1) is 0 Å². The average molecular weight is 340 g/mol. The topological polar surface area (TPSA) is 64.4 Å². The zero-order valence-electron chi connectivity index (χ0n) is 13.9. The Morgan fingerprint density at radius 1 is 1.20 bits per heavy atom. The van der Waals surface area contributed by atoms with Crippen molar-refractivity contribution in [2.45, 2.75) is 13.7 Å². The normalized spacial score (nSPS) is 10.8. The molecule has 0 aliphatic heterocycles. The first-order valence-corrected chi connectivity index (χ1v) is 7.68. The van der Waals surface area contributed by atoms with E-state index < -0.39 is 5.97 Å². The Bertz CT molecular complexity index is 917. The minimum atomic E-state index is -1.01. The van der Waals surface area contributed by atoms with Crippen LogP contribution < -0.4 is 0 Å². The van der Waals surface area contributed by atoms with Crippen LogP contribution in [0.4, 0.5) is 4.39 Å². The maximum Gasteiger partial charge on any atom is 0.336 e. The Labute approximate surface area is 144 Å². The molecule has 0 unspecified atom stereocenters. The number of halogens is 1. The van der Waals surface area contributed by atoms with Crippen LogP contribution in [0.5, 0.6) is 0 Å². The zero-order chi connectivity index (χ0) is 18.0. The van der Waals surface area contributed by atoms with E-state index in [1.165, 1.54) is 12.1 Å². The van der Waals surface area contributed by atoms with E-state index in [4.69, 9.17) is 4.74 Å². The fourth-order valence-electron chi connectivity index (χ4n) is 2.87. The second-order valence-electron chi connectivity index (χ2n) is 5.60. The van der Waals surface area contributed by atoms with Crippen molar-refractivity contribution < 1.29 is 19.0 Å². The summed E-state index contributed by atoms with van der Waals surface area (Å²) >= 11 is 0. The first-order chi connectivity index (χ1) is 12.0. The molecule has 0 aliphatic carbocycles.